The highest BCUT2D eigenvalue weighted by molar-refractivity contribution is 5.93. The first kappa shape index (κ1) is 21.3. The first-order valence-electron chi connectivity index (χ1n) is 10.8. The van der Waals surface area contributed by atoms with Crippen molar-refractivity contribution < 1.29 is 14.0 Å². The minimum absolute atomic E-state index is 0.0000808. The number of aromatic nitrogens is 1. The summed E-state index contributed by atoms with van der Waals surface area (Å²) < 4.78 is 15.6. The van der Waals surface area contributed by atoms with Gasteiger partial charge in [-0.3, -0.25) is 14.5 Å². The van der Waals surface area contributed by atoms with E-state index in [4.69, 9.17) is 0 Å². The molecule has 2 fully saturated rings. The number of nitrogens with zero attached hydrogens (tertiary/aromatic N) is 3. The molecule has 1 N–H and O–H groups in total. The van der Waals surface area contributed by atoms with Gasteiger partial charge in [0.1, 0.15) is 5.82 Å². The Bertz CT molecular complexity index is 1000. The fourth-order valence-electron chi connectivity index (χ4n) is 4.23. The number of anilines is 1. The van der Waals surface area contributed by atoms with Crippen LogP contribution in [0.5, 0.6) is 0 Å². The molecule has 4 rings (SSSR count). The summed E-state index contributed by atoms with van der Waals surface area (Å²) in [7, 11) is 0. The number of amides is 2. The van der Waals surface area contributed by atoms with Crippen LogP contribution < -0.4 is 5.32 Å². The van der Waals surface area contributed by atoms with Gasteiger partial charge in [0, 0.05) is 55.4 Å². The van der Waals surface area contributed by atoms with Gasteiger partial charge in [0.2, 0.25) is 11.8 Å². The lowest BCUT2D eigenvalue weighted by molar-refractivity contribution is -0.127. The summed E-state index contributed by atoms with van der Waals surface area (Å²) in [5, 5.41) is 2.71. The topological polar surface area (TPSA) is 57.6 Å². The summed E-state index contributed by atoms with van der Waals surface area (Å²) in [5.74, 6) is -0.566. The lowest BCUT2D eigenvalue weighted by Crippen LogP contribution is -2.50. The summed E-state index contributed by atoms with van der Waals surface area (Å²) in [4.78, 5) is 28.7. The lowest BCUT2D eigenvalue weighted by atomic mass is 10.2. The van der Waals surface area contributed by atoms with E-state index in [1.807, 2.05) is 15.9 Å². The predicted molar refractivity (Wildman–Crippen MR) is 119 cm³/mol. The normalized spacial score (nSPS) is 17.3. The molecule has 7 heteroatoms. The van der Waals surface area contributed by atoms with Crippen molar-refractivity contribution in [3.8, 4) is 0 Å². The van der Waals surface area contributed by atoms with Crippen LogP contribution in [0.1, 0.15) is 35.8 Å². The number of carbonyl (C=O) groups is 2. The van der Waals surface area contributed by atoms with Crippen molar-refractivity contribution in [2.24, 2.45) is 0 Å². The van der Waals surface area contributed by atoms with Gasteiger partial charge in [-0.25, -0.2) is 4.39 Å². The van der Waals surface area contributed by atoms with Crippen molar-refractivity contribution in [3.63, 3.8) is 0 Å². The summed E-state index contributed by atoms with van der Waals surface area (Å²) >= 11 is 0. The van der Waals surface area contributed by atoms with Crippen LogP contribution in [0.25, 0.3) is 6.08 Å². The van der Waals surface area contributed by atoms with Crippen LogP contribution in [0, 0.1) is 19.7 Å². The van der Waals surface area contributed by atoms with Crippen LogP contribution in [-0.2, 0) is 9.59 Å². The number of hydrogen-bond donors (Lipinski definition) is 1. The molecule has 2 aliphatic rings. The fraction of sp³-hybridized carbons (Fsp3) is 0.417. The molecule has 1 aromatic carbocycles. The molecule has 0 bridgehead atoms. The van der Waals surface area contributed by atoms with Gasteiger partial charge in [-0.2, -0.15) is 0 Å². The molecule has 2 aromatic rings. The molecule has 6 nitrogen and oxygen atoms in total. The Morgan fingerprint density at radius 1 is 1.13 bits per heavy atom. The summed E-state index contributed by atoms with van der Waals surface area (Å²) in [6, 6.07) is 8.63. The van der Waals surface area contributed by atoms with Gasteiger partial charge in [0.05, 0.1) is 6.54 Å². The molecular formula is C24H29FN4O2. The van der Waals surface area contributed by atoms with E-state index >= 15 is 0 Å². The van der Waals surface area contributed by atoms with E-state index in [9.17, 15) is 14.0 Å². The van der Waals surface area contributed by atoms with Crippen molar-refractivity contribution in [1.29, 1.82) is 0 Å². The second kappa shape index (κ2) is 9.06. The summed E-state index contributed by atoms with van der Waals surface area (Å²) in [5.41, 5.74) is 4.02. The number of aryl methyl sites for hydroxylation is 1. The highest BCUT2D eigenvalue weighted by Crippen LogP contribution is 2.38. The third-order valence-electron chi connectivity index (χ3n) is 6.00. The van der Waals surface area contributed by atoms with E-state index < -0.39 is 0 Å². The van der Waals surface area contributed by atoms with Gasteiger partial charge < -0.3 is 14.8 Å². The Morgan fingerprint density at radius 3 is 2.55 bits per heavy atom. The molecule has 0 radical (unpaired) electrons. The quantitative estimate of drug-likeness (QED) is 0.724. The van der Waals surface area contributed by atoms with Crippen LogP contribution in [0.4, 0.5) is 10.1 Å². The van der Waals surface area contributed by atoms with Gasteiger partial charge in [0.15, 0.2) is 0 Å². The van der Waals surface area contributed by atoms with E-state index in [2.05, 4.69) is 29.8 Å². The second-order valence-corrected chi connectivity index (χ2v) is 8.42. The smallest absolute Gasteiger partial charge is 0.246 e. The number of piperazine rings is 1. The lowest BCUT2D eigenvalue weighted by Gasteiger charge is -2.33. The first-order chi connectivity index (χ1) is 14.9. The van der Waals surface area contributed by atoms with E-state index in [0.717, 1.165) is 5.56 Å². The van der Waals surface area contributed by atoms with Crippen molar-refractivity contribution in [2.45, 2.75) is 32.7 Å². The standard InChI is InChI=1S/C24H29FN4O2/c1-17-14-19(18(2)29(17)22-7-8-22)6-9-24(31)28-12-10-27(11-13-28)16-23(30)26-21-5-3-4-20(25)15-21/h3-6,9,14-15,22H,7-8,10-13,16H2,1-2H3,(H,26,30). The number of carbonyl (C=O) groups excluding carboxylic acids is 2. The number of rotatable bonds is 6. The van der Waals surface area contributed by atoms with E-state index in [1.54, 1.807) is 18.2 Å². The van der Waals surface area contributed by atoms with Crippen molar-refractivity contribution >= 4 is 23.6 Å². The van der Waals surface area contributed by atoms with Crippen LogP contribution in [0.3, 0.4) is 0 Å². The number of benzene rings is 1. The summed E-state index contributed by atoms with van der Waals surface area (Å²) in [6.45, 7) is 6.88. The highest BCUT2D eigenvalue weighted by Gasteiger charge is 2.26. The van der Waals surface area contributed by atoms with Crippen molar-refractivity contribution in [1.82, 2.24) is 14.4 Å². The number of nitrogens with one attached hydrogen (secondary N) is 1. The maximum Gasteiger partial charge on any atom is 0.246 e. The van der Waals surface area contributed by atoms with Gasteiger partial charge in [-0.1, -0.05) is 6.07 Å². The molecule has 31 heavy (non-hydrogen) atoms. The number of hydrogen-bond acceptors (Lipinski definition) is 3. The van der Waals surface area contributed by atoms with Gasteiger partial charge in [-0.15, -0.1) is 0 Å². The Balaban J connectivity index is 1.26. The van der Waals surface area contributed by atoms with Crippen LogP contribution in [-0.4, -0.2) is 58.9 Å². The Labute approximate surface area is 182 Å². The minimum Gasteiger partial charge on any atom is -0.346 e. The molecule has 1 saturated heterocycles. The van der Waals surface area contributed by atoms with E-state index in [1.165, 1.54) is 36.4 Å². The molecule has 164 valence electrons. The SMILES string of the molecule is Cc1cc(C=CC(=O)N2CCN(CC(=O)Nc3cccc(F)c3)CC2)c(C)n1C1CC1. The zero-order chi connectivity index (χ0) is 22.0. The van der Waals surface area contributed by atoms with Crippen LogP contribution >= 0.6 is 0 Å². The van der Waals surface area contributed by atoms with Gasteiger partial charge >= 0.3 is 0 Å². The third-order valence-corrected chi connectivity index (χ3v) is 6.00. The van der Waals surface area contributed by atoms with Crippen molar-refractivity contribution in [3.05, 3.63) is 59.2 Å². The average molecular weight is 425 g/mol. The maximum absolute atomic E-state index is 13.2. The minimum atomic E-state index is -0.382. The molecule has 1 saturated carbocycles. The van der Waals surface area contributed by atoms with Crippen LogP contribution in [0.2, 0.25) is 0 Å². The maximum atomic E-state index is 13.2. The monoisotopic (exact) mass is 424 g/mol. The average Bonchev–Trinajstić information content (AvgIpc) is 3.52. The molecule has 1 aliphatic carbocycles. The van der Waals surface area contributed by atoms with E-state index in [0.29, 0.717) is 37.9 Å². The predicted octanol–water partition coefficient (Wildman–Crippen LogP) is 3.38. The molecule has 0 spiro atoms. The molecule has 0 unspecified atom stereocenters. The first-order valence-corrected chi connectivity index (χ1v) is 10.8. The molecule has 2 amide bonds. The Morgan fingerprint density at radius 2 is 1.87 bits per heavy atom. The number of halogens is 1. The Hall–Kier alpha value is -2.93. The van der Waals surface area contributed by atoms with Crippen LogP contribution in [0.15, 0.2) is 36.4 Å². The molecule has 0 atom stereocenters. The Kier molecular flexibility index (Phi) is 6.23. The molecule has 1 aliphatic heterocycles. The molecular weight excluding hydrogens is 395 g/mol. The zero-order valence-electron chi connectivity index (χ0n) is 18.1. The fourth-order valence-corrected chi connectivity index (χ4v) is 4.23. The summed E-state index contributed by atoms with van der Waals surface area (Å²) in [6.07, 6.45) is 6.06. The zero-order valence-corrected chi connectivity index (χ0v) is 18.1. The van der Waals surface area contributed by atoms with E-state index in [-0.39, 0.29) is 24.2 Å². The highest BCUT2D eigenvalue weighted by atomic mass is 19.1. The second-order valence-electron chi connectivity index (χ2n) is 8.42. The van der Waals surface area contributed by atoms with Crippen molar-refractivity contribution in [2.75, 3.05) is 38.0 Å². The van der Waals surface area contributed by atoms with Gasteiger partial charge in [0.25, 0.3) is 0 Å². The van der Waals surface area contributed by atoms with Gasteiger partial charge in [-0.05, 0) is 62.6 Å². The molecule has 1 aromatic heterocycles. The molecule has 2 heterocycles. The largest absolute Gasteiger partial charge is 0.346 e. The third kappa shape index (κ3) is 5.22.